The van der Waals surface area contributed by atoms with Gasteiger partial charge in [0.2, 0.25) is 5.88 Å². The topological polar surface area (TPSA) is 85.3 Å². The second kappa shape index (κ2) is 8.58. The highest BCUT2D eigenvalue weighted by atomic mass is 19.1. The lowest BCUT2D eigenvalue weighted by Crippen LogP contribution is -2.45. The van der Waals surface area contributed by atoms with Gasteiger partial charge in [-0.3, -0.25) is 0 Å². The van der Waals surface area contributed by atoms with Gasteiger partial charge in [0.15, 0.2) is 17.5 Å². The van der Waals surface area contributed by atoms with E-state index in [9.17, 15) is 4.39 Å². The predicted octanol–water partition coefficient (Wildman–Crippen LogP) is 3.44. The molecule has 1 saturated heterocycles. The van der Waals surface area contributed by atoms with Crippen LogP contribution in [0.4, 0.5) is 21.8 Å². The highest BCUT2D eigenvalue weighted by Gasteiger charge is 2.24. The Hall–Kier alpha value is -3.33. The minimum Gasteiger partial charge on any atom is -0.481 e. The SMILES string of the molecule is COc1ccc(-c2cnnc(Nc3nc(N4C[C@@H](C)O[C@@H](C)C4)ccc3F)c2)cn1. The van der Waals surface area contributed by atoms with E-state index in [0.717, 1.165) is 11.1 Å². The first-order valence-electron chi connectivity index (χ1n) is 9.69. The summed E-state index contributed by atoms with van der Waals surface area (Å²) in [6.45, 7) is 5.42. The largest absolute Gasteiger partial charge is 0.481 e. The van der Waals surface area contributed by atoms with Gasteiger partial charge in [0.25, 0.3) is 0 Å². The van der Waals surface area contributed by atoms with Crippen molar-refractivity contribution < 1.29 is 13.9 Å². The lowest BCUT2D eigenvalue weighted by atomic mass is 10.1. The number of nitrogens with zero attached hydrogens (tertiary/aromatic N) is 5. The Morgan fingerprint density at radius 3 is 2.60 bits per heavy atom. The average Bonchev–Trinajstić information content (AvgIpc) is 2.75. The fraction of sp³-hybridized carbons (Fsp3) is 0.333. The first kappa shape index (κ1) is 20.0. The number of methoxy groups -OCH3 is 1. The molecule has 0 bridgehead atoms. The minimum atomic E-state index is -0.466. The number of morpholine rings is 1. The standard InChI is InChI=1S/C21H23FN6O2/c1-13-11-28(12-14(2)30-13)19-6-5-17(22)21(26-19)25-18-8-16(10-24-27-18)15-4-7-20(29-3)23-9-15/h4-10,13-14H,11-12H2,1-3H3,(H,25,26,27)/t13-,14+. The molecule has 3 aromatic heterocycles. The molecule has 1 aliphatic heterocycles. The van der Waals surface area contributed by atoms with Gasteiger partial charge >= 0.3 is 0 Å². The summed E-state index contributed by atoms with van der Waals surface area (Å²) in [5, 5.41) is 11.0. The second-order valence-electron chi connectivity index (χ2n) is 7.21. The average molecular weight is 410 g/mol. The van der Waals surface area contributed by atoms with Crippen molar-refractivity contribution in [2.24, 2.45) is 0 Å². The summed E-state index contributed by atoms with van der Waals surface area (Å²) in [4.78, 5) is 10.8. The minimum absolute atomic E-state index is 0.0812. The zero-order valence-electron chi connectivity index (χ0n) is 17.0. The summed E-state index contributed by atoms with van der Waals surface area (Å²) < 4.78 is 25.3. The van der Waals surface area contributed by atoms with E-state index in [-0.39, 0.29) is 18.0 Å². The number of hydrogen-bond donors (Lipinski definition) is 1. The van der Waals surface area contributed by atoms with Gasteiger partial charge in [-0.05, 0) is 38.1 Å². The van der Waals surface area contributed by atoms with Gasteiger partial charge in [-0.2, -0.15) is 5.10 Å². The quantitative estimate of drug-likeness (QED) is 0.685. The van der Waals surface area contributed by atoms with E-state index in [1.165, 1.54) is 6.07 Å². The van der Waals surface area contributed by atoms with Crippen molar-refractivity contribution in [1.29, 1.82) is 0 Å². The molecule has 1 fully saturated rings. The van der Waals surface area contributed by atoms with Crippen LogP contribution in [-0.4, -0.2) is 52.6 Å². The molecule has 0 aromatic carbocycles. The van der Waals surface area contributed by atoms with Crippen LogP contribution in [0.3, 0.4) is 0 Å². The van der Waals surface area contributed by atoms with E-state index in [2.05, 4.69) is 30.4 Å². The van der Waals surface area contributed by atoms with Crippen LogP contribution in [0.5, 0.6) is 5.88 Å². The molecule has 0 radical (unpaired) electrons. The van der Waals surface area contributed by atoms with Crippen LogP contribution in [0.1, 0.15) is 13.8 Å². The molecule has 0 spiro atoms. The lowest BCUT2D eigenvalue weighted by Gasteiger charge is -2.36. The molecule has 0 amide bonds. The van der Waals surface area contributed by atoms with Crippen molar-refractivity contribution in [1.82, 2.24) is 20.2 Å². The molecular weight excluding hydrogens is 387 g/mol. The van der Waals surface area contributed by atoms with E-state index < -0.39 is 5.82 Å². The van der Waals surface area contributed by atoms with Crippen LogP contribution in [0.2, 0.25) is 0 Å². The maximum atomic E-state index is 14.4. The number of nitrogens with one attached hydrogen (secondary N) is 1. The molecule has 3 aromatic rings. The summed E-state index contributed by atoms with van der Waals surface area (Å²) in [6.07, 6.45) is 3.46. The Labute approximate surface area is 174 Å². The molecule has 4 rings (SSSR count). The fourth-order valence-corrected chi connectivity index (χ4v) is 3.44. The molecule has 8 nitrogen and oxygen atoms in total. The Morgan fingerprint density at radius 1 is 1.10 bits per heavy atom. The molecule has 156 valence electrons. The Kier molecular flexibility index (Phi) is 5.71. The van der Waals surface area contributed by atoms with E-state index in [1.807, 2.05) is 19.9 Å². The summed E-state index contributed by atoms with van der Waals surface area (Å²) in [5.74, 6) is 1.22. The zero-order chi connectivity index (χ0) is 21.1. The van der Waals surface area contributed by atoms with Gasteiger partial charge in [0, 0.05) is 36.5 Å². The maximum Gasteiger partial charge on any atom is 0.212 e. The molecule has 0 aliphatic carbocycles. The van der Waals surface area contributed by atoms with Gasteiger partial charge in [0.05, 0.1) is 25.5 Å². The normalized spacial score (nSPS) is 18.9. The number of aromatic nitrogens is 4. The van der Waals surface area contributed by atoms with Crippen molar-refractivity contribution >= 4 is 17.5 Å². The number of pyridine rings is 2. The van der Waals surface area contributed by atoms with Gasteiger partial charge in [-0.25, -0.2) is 14.4 Å². The molecular formula is C21H23FN6O2. The van der Waals surface area contributed by atoms with E-state index in [4.69, 9.17) is 9.47 Å². The summed E-state index contributed by atoms with van der Waals surface area (Å²) >= 11 is 0. The van der Waals surface area contributed by atoms with Crippen LogP contribution in [0, 0.1) is 5.82 Å². The highest BCUT2D eigenvalue weighted by molar-refractivity contribution is 5.67. The number of hydrogen-bond acceptors (Lipinski definition) is 8. The summed E-state index contributed by atoms with van der Waals surface area (Å²) in [5.41, 5.74) is 1.63. The smallest absolute Gasteiger partial charge is 0.212 e. The monoisotopic (exact) mass is 410 g/mol. The Bertz CT molecular complexity index is 1010. The third-order valence-electron chi connectivity index (χ3n) is 4.75. The molecule has 1 N–H and O–H groups in total. The van der Waals surface area contributed by atoms with E-state index in [0.29, 0.717) is 30.6 Å². The summed E-state index contributed by atoms with van der Waals surface area (Å²) in [7, 11) is 1.56. The van der Waals surface area contributed by atoms with Crippen LogP contribution in [0.25, 0.3) is 11.1 Å². The molecule has 1 aliphatic rings. The number of halogens is 1. The molecule has 0 saturated carbocycles. The van der Waals surface area contributed by atoms with Crippen molar-refractivity contribution in [2.75, 3.05) is 30.4 Å². The molecule has 30 heavy (non-hydrogen) atoms. The third kappa shape index (κ3) is 4.46. The Morgan fingerprint density at radius 2 is 1.90 bits per heavy atom. The molecule has 4 heterocycles. The second-order valence-corrected chi connectivity index (χ2v) is 7.21. The van der Waals surface area contributed by atoms with Crippen molar-refractivity contribution in [3.05, 3.63) is 48.5 Å². The fourth-order valence-electron chi connectivity index (χ4n) is 3.44. The number of ether oxygens (including phenoxy) is 2. The number of rotatable bonds is 5. The van der Waals surface area contributed by atoms with Gasteiger partial charge in [-0.1, -0.05) is 0 Å². The van der Waals surface area contributed by atoms with Gasteiger partial charge in [-0.15, -0.1) is 5.10 Å². The lowest BCUT2D eigenvalue weighted by molar-refractivity contribution is -0.00545. The zero-order valence-corrected chi connectivity index (χ0v) is 17.0. The van der Waals surface area contributed by atoms with Crippen molar-refractivity contribution in [3.63, 3.8) is 0 Å². The Balaban J connectivity index is 1.56. The van der Waals surface area contributed by atoms with Gasteiger partial charge in [0.1, 0.15) is 5.82 Å². The van der Waals surface area contributed by atoms with E-state index >= 15 is 0 Å². The maximum absolute atomic E-state index is 14.4. The van der Waals surface area contributed by atoms with Crippen molar-refractivity contribution in [2.45, 2.75) is 26.1 Å². The van der Waals surface area contributed by atoms with Crippen LogP contribution < -0.4 is 15.0 Å². The molecule has 2 atom stereocenters. The van der Waals surface area contributed by atoms with Crippen LogP contribution in [0.15, 0.2) is 42.7 Å². The molecule has 0 unspecified atom stereocenters. The first-order chi connectivity index (χ1) is 14.5. The molecule has 9 heteroatoms. The highest BCUT2D eigenvalue weighted by Crippen LogP contribution is 2.26. The third-order valence-corrected chi connectivity index (χ3v) is 4.75. The summed E-state index contributed by atoms with van der Waals surface area (Å²) in [6, 6.07) is 8.48. The van der Waals surface area contributed by atoms with E-state index in [1.54, 1.807) is 37.7 Å². The van der Waals surface area contributed by atoms with Gasteiger partial charge < -0.3 is 19.7 Å². The van der Waals surface area contributed by atoms with Crippen molar-refractivity contribution in [3.8, 4) is 17.0 Å². The van der Waals surface area contributed by atoms with Crippen LogP contribution in [-0.2, 0) is 4.74 Å². The predicted molar refractivity (Wildman–Crippen MR) is 112 cm³/mol. The first-order valence-corrected chi connectivity index (χ1v) is 9.69. The van der Waals surface area contributed by atoms with Crippen LogP contribution >= 0.6 is 0 Å². The number of anilines is 3.